The summed E-state index contributed by atoms with van der Waals surface area (Å²) in [6.45, 7) is 0. The fourth-order valence-electron chi connectivity index (χ4n) is 0.942. The highest BCUT2D eigenvalue weighted by atomic mass is 15.1. The van der Waals surface area contributed by atoms with Gasteiger partial charge in [-0.2, -0.15) is 5.10 Å². The number of rotatable bonds is 0. The molecule has 1 aliphatic heterocycles. The molecular weight excluding hydrogens is 128 g/mol. The fraction of sp³-hybridized carbons (Fsp3) is 0.167. The van der Waals surface area contributed by atoms with E-state index in [1.807, 2.05) is 0 Å². The summed E-state index contributed by atoms with van der Waals surface area (Å²) in [5.74, 6) is 0.397. The Morgan fingerprint density at radius 3 is 3.40 bits per heavy atom. The highest BCUT2D eigenvalue weighted by Crippen LogP contribution is 2.07. The second-order valence-corrected chi connectivity index (χ2v) is 2.19. The maximum atomic E-state index is 7.22. The molecule has 50 valence electrons. The predicted molar refractivity (Wildman–Crippen MR) is 37.6 cm³/mol. The number of aliphatic imine (C=N–C) groups is 1. The molecule has 0 aromatic carbocycles. The van der Waals surface area contributed by atoms with E-state index < -0.39 is 0 Å². The van der Waals surface area contributed by atoms with Crippen LogP contribution >= 0.6 is 0 Å². The molecule has 2 heterocycles. The van der Waals surface area contributed by atoms with Gasteiger partial charge >= 0.3 is 0 Å². The van der Waals surface area contributed by atoms with Gasteiger partial charge in [-0.1, -0.05) is 0 Å². The van der Waals surface area contributed by atoms with Crippen molar-refractivity contribution in [1.82, 2.24) is 10.2 Å². The van der Waals surface area contributed by atoms with Crippen molar-refractivity contribution in [2.75, 3.05) is 0 Å². The van der Waals surface area contributed by atoms with Gasteiger partial charge in [0.1, 0.15) is 5.84 Å². The summed E-state index contributed by atoms with van der Waals surface area (Å²) >= 11 is 0. The predicted octanol–water partition coefficient (Wildman–Crippen LogP) is 0.362. The van der Waals surface area contributed by atoms with E-state index in [9.17, 15) is 0 Å². The van der Waals surface area contributed by atoms with Crippen molar-refractivity contribution in [2.24, 2.45) is 4.99 Å². The monoisotopic (exact) mass is 134 g/mol. The summed E-state index contributed by atoms with van der Waals surface area (Å²) in [6.07, 6.45) is 3.96. The second-order valence-electron chi connectivity index (χ2n) is 2.19. The summed E-state index contributed by atoms with van der Waals surface area (Å²) in [5, 5.41) is 13.8. The van der Waals surface area contributed by atoms with Gasteiger partial charge in [0, 0.05) is 12.0 Å². The maximum absolute atomic E-state index is 7.22. The van der Waals surface area contributed by atoms with E-state index >= 15 is 0 Å². The number of nitrogens with zero attached hydrogens (tertiary/aromatic N) is 2. The smallest absolute Gasteiger partial charge is 0.125 e. The van der Waals surface area contributed by atoms with Gasteiger partial charge in [-0.15, -0.1) is 0 Å². The van der Waals surface area contributed by atoms with Crippen LogP contribution in [0.15, 0.2) is 11.2 Å². The van der Waals surface area contributed by atoms with Crippen LogP contribution in [-0.2, 0) is 6.42 Å². The Morgan fingerprint density at radius 1 is 1.60 bits per heavy atom. The second kappa shape index (κ2) is 1.76. The van der Waals surface area contributed by atoms with E-state index in [2.05, 4.69) is 15.2 Å². The zero-order valence-electron chi connectivity index (χ0n) is 5.26. The summed E-state index contributed by atoms with van der Waals surface area (Å²) in [4.78, 5) is 3.83. The lowest BCUT2D eigenvalue weighted by molar-refractivity contribution is 1.08. The minimum absolute atomic E-state index is 0.397. The zero-order valence-corrected chi connectivity index (χ0v) is 5.26. The molecule has 0 atom stereocenters. The fourth-order valence-corrected chi connectivity index (χ4v) is 0.942. The van der Waals surface area contributed by atoms with E-state index in [4.69, 9.17) is 5.41 Å². The van der Waals surface area contributed by atoms with Gasteiger partial charge in [0.15, 0.2) is 0 Å². The molecule has 1 aromatic rings. The van der Waals surface area contributed by atoms with Crippen LogP contribution in [0.3, 0.4) is 0 Å². The van der Waals surface area contributed by atoms with Crippen molar-refractivity contribution >= 4 is 12.1 Å². The van der Waals surface area contributed by atoms with Gasteiger partial charge in [0.2, 0.25) is 0 Å². The van der Waals surface area contributed by atoms with Crippen LogP contribution in [0.1, 0.15) is 11.3 Å². The molecule has 0 aliphatic carbocycles. The minimum atomic E-state index is 0.397. The summed E-state index contributed by atoms with van der Waals surface area (Å²) in [5.41, 5.74) is 1.98. The SMILES string of the molecule is N=C1Cc2cn[nH]c2C=N1. The Hall–Kier alpha value is -1.45. The van der Waals surface area contributed by atoms with E-state index in [0.717, 1.165) is 11.3 Å². The zero-order chi connectivity index (χ0) is 6.97. The van der Waals surface area contributed by atoms with Gasteiger partial charge in [0.05, 0.1) is 18.1 Å². The Morgan fingerprint density at radius 2 is 2.50 bits per heavy atom. The van der Waals surface area contributed by atoms with Crippen LogP contribution in [0.2, 0.25) is 0 Å². The average Bonchev–Trinajstić information content (AvgIpc) is 2.33. The third kappa shape index (κ3) is 0.655. The lowest BCUT2D eigenvalue weighted by atomic mass is 10.1. The Labute approximate surface area is 57.5 Å². The molecule has 4 heteroatoms. The van der Waals surface area contributed by atoms with Crippen molar-refractivity contribution in [2.45, 2.75) is 6.42 Å². The van der Waals surface area contributed by atoms with Crippen LogP contribution in [0.25, 0.3) is 0 Å². The molecule has 0 amide bonds. The molecule has 0 saturated heterocycles. The van der Waals surface area contributed by atoms with Gasteiger partial charge in [-0.05, 0) is 0 Å². The molecule has 0 bridgehead atoms. The molecule has 4 nitrogen and oxygen atoms in total. The number of nitrogens with one attached hydrogen (secondary N) is 2. The molecule has 0 unspecified atom stereocenters. The largest absolute Gasteiger partial charge is 0.286 e. The molecule has 1 aliphatic rings. The van der Waals surface area contributed by atoms with Gasteiger partial charge in [-0.25, -0.2) is 4.99 Å². The molecule has 0 spiro atoms. The van der Waals surface area contributed by atoms with E-state index in [0.29, 0.717) is 12.3 Å². The molecule has 2 rings (SSSR count). The highest BCUT2D eigenvalue weighted by Gasteiger charge is 2.09. The van der Waals surface area contributed by atoms with Gasteiger partial charge < -0.3 is 0 Å². The number of amidine groups is 1. The lowest BCUT2D eigenvalue weighted by Gasteiger charge is -2.01. The topological polar surface area (TPSA) is 64.9 Å². The van der Waals surface area contributed by atoms with E-state index in [-0.39, 0.29) is 0 Å². The van der Waals surface area contributed by atoms with Crippen molar-refractivity contribution in [3.8, 4) is 0 Å². The van der Waals surface area contributed by atoms with Crippen molar-refractivity contribution < 1.29 is 0 Å². The number of hydrogen-bond acceptors (Lipinski definition) is 2. The maximum Gasteiger partial charge on any atom is 0.125 e. The Bertz CT molecular complexity index is 296. The summed E-state index contributed by atoms with van der Waals surface area (Å²) < 4.78 is 0. The molecule has 0 radical (unpaired) electrons. The van der Waals surface area contributed by atoms with Crippen molar-refractivity contribution in [3.05, 3.63) is 17.5 Å². The first-order valence-corrected chi connectivity index (χ1v) is 3.00. The summed E-state index contributed by atoms with van der Waals surface area (Å²) in [7, 11) is 0. The third-order valence-corrected chi connectivity index (χ3v) is 1.46. The number of fused-ring (bicyclic) bond motifs is 1. The molecule has 0 saturated carbocycles. The number of hydrogen-bond donors (Lipinski definition) is 2. The molecule has 10 heavy (non-hydrogen) atoms. The highest BCUT2D eigenvalue weighted by molar-refractivity contribution is 5.98. The van der Waals surface area contributed by atoms with Crippen molar-refractivity contribution in [1.29, 1.82) is 5.41 Å². The third-order valence-electron chi connectivity index (χ3n) is 1.46. The van der Waals surface area contributed by atoms with E-state index in [1.54, 1.807) is 12.4 Å². The number of H-pyrrole nitrogens is 1. The number of aromatic nitrogens is 2. The standard InChI is InChI=1S/C6H6N4/c7-6-1-4-2-9-10-5(4)3-8-6/h2-3,7H,1H2,(H,9,10). The number of aromatic amines is 1. The van der Waals surface area contributed by atoms with Crippen LogP contribution in [0.4, 0.5) is 0 Å². The molecule has 1 aromatic heterocycles. The Kier molecular flexibility index (Phi) is 0.943. The van der Waals surface area contributed by atoms with Gasteiger partial charge in [-0.3, -0.25) is 10.5 Å². The Balaban J connectivity index is 2.52. The molecular formula is C6H6N4. The van der Waals surface area contributed by atoms with Crippen LogP contribution in [0, 0.1) is 5.41 Å². The van der Waals surface area contributed by atoms with Crippen LogP contribution < -0.4 is 0 Å². The minimum Gasteiger partial charge on any atom is -0.286 e. The average molecular weight is 134 g/mol. The first-order valence-electron chi connectivity index (χ1n) is 3.00. The molecule has 2 N–H and O–H groups in total. The normalized spacial score (nSPS) is 15.4. The van der Waals surface area contributed by atoms with Crippen LogP contribution in [0.5, 0.6) is 0 Å². The first kappa shape index (κ1) is 5.34. The van der Waals surface area contributed by atoms with E-state index in [1.165, 1.54) is 0 Å². The summed E-state index contributed by atoms with van der Waals surface area (Å²) in [6, 6.07) is 0. The quantitative estimate of drug-likeness (QED) is 0.528. The first-order chi connectivity index (χ1) is 4.86. The van der Waals surface area contributed by atoms with Crippen LogP contribution in [-0.4, -0.2) is 22.2 Å². The van der Waals surface area contributed by atoms with Gasteiger partial charge in [0.25, 0.3) is 0 Å². The molecule has 0 fully saturated rings. The van der Waals surface area contributed by atoms with Crippen molar-refractivity contribution in [3.63, 3.8) is 0 Å². The lowest BCUT2D eigenvalue weighted by Crippen LogP contribution is -2.06.